The zero-order chi connectivity index (χ0) is 13.5. The van der Waals surface area contributed by atoms with Gasteiger partial charge in [0, 0.05) is 4.47 Å². The summed E-state index contributed by atoms with van der Waals surface area (Å²) in [5, 5.41) is 13.2. The average Bonchev–Trinajstić information content (AvgIpc) is 2.87. The van der Waals surface area contributed by atoms with Gasteiger partial charge in [-0.15, -0.1) is 5.10 Å². The fourth-order valence-electron chi connectivity index (χ4n) is 1.37. The van der Waals surface area contributed by atoms with E-state index in [4.69, 9.17) is 4.74 Å². The number of benzene rings is 1. The van der Waals surface area contributed by atoms with E-state index in [9.17, 15) is 4.79 Å². The standard InChI is InChI=1S/C11H12BrN5O2/c12-9-2-1-3-10(6-9)19-5-4-13-11(18)7-17-8-14-15-16-17/h1-3,6,8H,4-5,7H2,(H,13,18). The van der Waals surface area contributed by atoms with Crippen molar-refractivity contribution in [1.82, 2.24) is 25.5 Å². The Balaban J connectivity index is 1.65. The van der Waals surface area contributed by atoms with Crippen LogP contribution in [0.3, 0.4) is 0 Å². The van der Waals surface area contributed by atoms with E-state index in [1.54, 1.807) is 0 Å². The molecule has 8 heteroatoms. The number of carbonyl (C=O) groups excluding carboxylic acids is 1. The Morgan fingerprint density at radius 1 is 1.47 bits per heavy atom. The Bertz CT molecular complexity index is 532. The molecule has 0 spiro atoms. The van der Waals surface area contributed by atoms with Crippen molar-refractivity contribution in [3.63, 3.8) is 0 Å². The second-order valence-electron chi connectivity index (χ2n) is 3.66. The topological polar surface area (TPSA) is 81.9 Å². The van der Waals surface area contributed by atoms with Crippen LogP contribution < -0.4 is 10.1 Å². The first-order valence-corrected chi connectivity index (χ1v) is 6.39. The van der Waals surface area contributed by atoms with Gasteiger partial charge in [-0.2, -0.15) is 0 Å². The van der Waals surface area contributed by atoms with Gasteiger partial charge in [0.05, 0.1) is 6.54 Å². The van der Waals surface area contributed by atoms with Gasteiger partial charge in [-0.3, -0.25) is 4.79 Å². The van der Waals surface area contributed by atoms with Crippen LogP contribution in [0.5, 0.6) is 5.75 Å². The predicted octanol–water partition coefficient (Wildman–Crippen LogP) is 0.631. The molecule has 0 saturated carbocycles. The van der Waals surface area contributed by atoms with Gasteiger partial charge in [-0.1, -0.05) is 22.0 Å². The predicted molar refractivity (Wildman–Crippen MR) is 70.5 cm³/mol. The third kappa shape index (κ3) is 4.66. The Kier molecular flexibility index (Phi) is 4.85. The Labute approximate surface area is 118 Å². The van der Waals surface area contributed by atoms with E-state index < -0.39 is 0 Å². The SMILES string of the molecule is O=C(Cn1cnnn1)NCCOc1cccc(Br)c1. The number of nitrogens with one attached hydrogen (secondary N) is 1. The molecule has 0 atom stereocenters. The first-order valence-electron chi connectivity index (χ1n) is 5.60. The van der Waals surface area contributed by atoms with Gasteiger partial charge in [-0.25, -0.2) is 4.68 Å². The summed E-state index contributed by atoms with van der Waals surface area (Å²) in [4.78, 5) is 11.5. The third-order valence-electron chi connectivity index (χ3n) is 2.19. The van der Waals surface area contributed by atoms with Gasteiger partial charge in [0.1, 0.15) is 25.2 Å². The van der Waals surface area contributed by atoms with Crippen LogP contribution in [0.4, 0.5) is 0 Å². The van der Waals surface area contributed by atoms with Crippen LogP contribution in [0.15, 0.2) is 35.1 Å². The van der Waals surface area contributed by atoms with Crippen molar-refractivity contribution in [1.29, 1.82) is 0 Å². The number of amides is 1. The van der Waals surface area contributed by atoms with Crippen LogP contribution in [-0.4, -0.2) is 39.3 Å². The number of carbonyl (C=O) groups is 1. The van der Waals surface area contributed by atoms with E-state index in [1.165, 1.54) is 11.0 Å². The minimum Gasteiger partial charge on any atom is -0.492 e. The highest BCUT2D eigenvalue weighted by Crippen LogP contribution is 2.17. The molecule has 0 aliphatic heterocycles. The summed E-state index contributed by atoms with van der Waals surface area (Å²) in [6.07, 6.45) is 1.39. The van der Waals surface area contributed by atoms with Crippen LogP contribution in [0.25, 0.3) is 0 Å². The van der Waals surface area contributed by atoms with E-state index in [0.29, 0.717) is 13.2 Å². The zero-order valence-corrected chi connectivity index (χ0v) is 11.6. The summed E-state index contributed by atoms with van der Waals surface area (Å²) in [5.74, 6) is 0.592. The highest BCUT2D eigenvalue weighted by Gasteiger charge is 2.03. The maximum atomic E-state index is 11.5. The van der Waals surface area contributed by atoms with Gasteiger partial charge in [0.2, 0.25) is 5.91 Å². The minimum atomic E-state index is -0.162. The number of halogens is 1. The lowest BCUT2D eigenvalue weighted by molar-refractivity contribution is -0.121. The first kappa shape index (κ1) is 13.5. The van der Waals surface area contributed by atoms with Gasteiger partial charge in [0.25, 0.3) is 0 Å². The molecule has 0 bridgehead atoms. The second-order valence-corrected chi connectivity index (χ2v) is 4.58. The van der Waals surface area contributed by atoms with Crippen LogP contribution in [-0.2, 0) is 11.3 Å². The quantitative estimate of drug-likeness (QED) is 0.788. The van der Waals surface area contributed by atoms with E-state index in [0.717, 1.165) is 10.2 Å². The molecule has 0 saturated heterocycles. The molecule has 100 valence electrons. The molecule has 1 N–H and O–H groups in total. The van der Waals surface area contributed by atoms with Crippen LogP contribution >= 0.6 is 15.9 Å². The fourth-order valence-corrected chi connectivity index (χ4v) is 1.75. The van der Waals surface area contributed by atoms with Crippen molar-refractivity contribution in [2.24, 2.45) is 0 Å². The third-order valence-corrected chi connectivity index (χ3v) is 2.68. The molecule has 0 aliphatic rings. The smallest absolute Gasteiger partial charge is 0.241 e. The summed E-state index contributed by atoms with van der Waals surface area (Å²) in [6.45, 7) is 0.926. The van der Waals surface area contributed by atoms with Crippen molar-refractivity contribution >= 4 is 21.8 Å². The summed E-state index contributed by atoms with van der Waals surface area (Å²) >= 11 is 3.36. The number of hydrogen-bond donors (Lipinski definition) is 1. The maximum absolute atomic E-state index is 11.5. The van der Waals surface area contributed by atoms with Gasteiger partial charge >= 0.3 is 0 Å². The van der Waals surface area contributed by atoms with Crippen molar-refractivity contribution in [2.75, 3.05) is 13.2 Å². The zero-order valence-electron chi connectivity index (χ0n) is 9.99. The molecular weight excluding hydrogens is 314 g/mol. The van der Waals surface area contributed by atoms with Crippen molar-refractivity contribution in [3.05, 3.63) is 35.1 Å². The lowest BCUT2D eigenvalue weighted by Crippen LogP contribution is -2.31. The monoisotopic (exact) mass is 325 g/mol. The second kappa shape index (κ2) is 6.83. The number of tetrazole rings is 1. The number of hydrogen-bond acceptors (Lipinski definition) is 5. The molecule has 1 amide bonds. The fraction of sp³-hybridized carbons (Fsp3) is 0.273. The molecule has 19 heavy (non-hydrogen) atoms. The summed E-state index contributed by atoms with van der Waals surface area (Å²) in [5.41, 5.74) is 0. The average molecular weight is 326 g/mol. The summed E-state index contributed by atoms with van der Waals surface area (Å²) in [6, 6.07) is 7.52. The van der Waals surface area contributed by atoms with E-state index >= 15 is 0 Å². The lowest BCUT2D eigenvalue weighted by Gasteiger charge is -2.07. The molecular formula is C11H12BrN5O2. The normalized spacial score (nSPS) is 10.2. The van der Waals surface area contributed by atoms with Crippen LogP contribution in [0, 0.1) is 0 Å². The molecule has 7 nitrogen and oxygen atoms in total. The number of aromatic nitrogens is 4. The lowest BCUT2D eigenvalue weighted by atomic mass is 10.3. The Morgan fingerprint density at radius 2 is 2.37 bits per heavy atom. The molecule has 0 aliphatic carbocycles. The molecule has 2 rings (SSSR count). The van der Waals surface area contributed by atoms with E-state index in [2.05, 4.69) is 36.8 Å². The highest BCUT2D eigenvalue weighted by molar-refractivity contribution is 9.10. The van der Waals surface area contributed by atoms with Gasteiger partial charge < -0.3 is 10.1 Å². The number of nitrogens with zero attached hydrogens (tertiary/aromatic N) is 4. The van der Waals surface area contributed by atoms with Crippen molar-refractivity contribution < 1.29 is 9.53 Å². The first-order chi connectivity index (χ1) is 9.24. The van der Waals surface area contributed by atoms with Crippen LogP contribution in [0.2, 0.25) is 0 Å². The minimum absolute atomic E-state index is 0.101. The van der Waals surface area contributed by atoms with E-state index in [-0.39, 0.29) is 12.5 Å². The van der Waals surface area contributed by atoms with E-state index in [1.807, 2.05) is 24.3 Å². The summed E-state index contributed by atoms with van der Waals surface area (Å²) < 4.78 is 7.78. The molecule has 2 aromatic rings. The molecule has 0 unspecified atom stereocenters. The van der Waals surface area contributed by atoms with Gasteiger partial charge in [0.15, 0.2) is 0 Å². The molecule has 0 radical (unpaired) electrons. The highest BCUT2D eigenvalue weighted by atomic mass is 79.9. The largest absolute Gasteiger partial charge is 0.492 e. The Hall–Kier alpha value is -1.96. The Morgan fingerprint density at radius 3 is 3.11 bits per heavy atom. The number of ether oxygens (including phenoxy) is 1. The molecule has 1 aromatic carbocycles. The summed E-state index contributed by atoms with van der Waals surface area (Å²) in [7, 11) is 0. The molecule has 1 aromatic heterocycles. The van der Waals surface area contributed by atoms with Crippen molar-refractivity contribution in [2.45, 2.75) is 6.54 Å². The molecule has 1 heterocycles. The van der Waals surface area contributed by atoms with Crippen molar-refractivity contribution in [3.8, 4) is 5.75 Å². The molecule has 0 fully saturated rings. The maximum Gasteiger partial charge on any atom is 0.241 e. The van der Waals surface area contributed by atoms with Gasteiger partial charge in [-0.05, 0) is 28.6 Å². The van der Waals surface area contributed by atoms with Crippen LogP contribution in [0.1, 0.15) is 0 Å². The number of rotatable bonds is 6.